The molecule has 12 nitrogen and oxygen atoms in total. The van der Waals surface area contributed by atoms with Gasteiger partial charge in [0, 0.05) is 24.4 Å². The number of ether oxygens (including phenoxy) is 1. The first kappa shape index (κ1) is 39.2. The fourth-order valence-electron chi connectivity index (χ4n) is 5.90. The predicted molar refractivity (Wildman–Crippen MR) is 197 cm³/mol. The Hall–Kier alpha value is -4.59. The van der Waals surface area contributed by atoms with Crippen LogP contribution >= 0.6 is 11.8 Å². The van der Waals surface area contributed by atoms with Gasteiger partial charge in [0.1, 0.15) is 17.8 Å². The van der Waals surface area contributed by atoms with E-state index < -0.39 is 46.7 Å². The van der Waals surface area contributed by atoms with E-state index in [9.17, 15) is 29.5 Å². The van der Waals surface area contributed by atoms with Crippen LogP contribution in [-0.4, -0.2) is 87.4 Å². The van der Waals surface area contributed by atoms with Gasteiger partial charge in [0.2, 0.25) is 11.8 Å². The summed E-state index contributed by atoms with van der Waals surface area (Å²) in [6, 6.07) is 20.4. The Labute approximate surface area is 303 Å². The number of carbonyl (C=O) groups is 4. The second-order valence-corrected chi connectivity index (χ2v) is 15.2. The van der Waals surface area contributed by atoms with Gasteiger partial charge in [-0.1, -0.05) is 74.5 Å². The highest BCUT2D eigenvalue weighted by atomic mass is 32.2. The summed E-state index contributed by atoms with van der Waals surface area (Å²) in [7, 11) is 1.46. The van der Waals surface area contributed by atoms with Gasteiger partial charge in [-0.25, -0.2) is 0 Å². The van der Waals surface area contributed by atoms with Crippen LogP contribution in [0.3, 0.4) is 0 Å². The number of aliphatic hydroxyl groups excluding tert-OH is 1. The number of hydroxylamine groups is 1. The van der Waals surface area contributed by atoms with Crippen molar-refractivity contribution in [1.82, 2.24) is 20.9 Å². The zero-order chi connectivity index (χ0) is 37.3. The predicted octanol–water partition coefficient (Wildman–Crippen LogP) is 3.42. The summed E-state index contributed by atoms with van der Waals surface area (Å²) in [5.41, 5.74) is 3.23. The van der Waals surface area contributed by atoms with Crippen LogP contribution < -0.4 is 25.8 Å². The Morgan fingerprint density at radius 3 is 2.35 bits per heavy atom. The highest BCUT2D eigenvalue weighted by Crippen LogP contribution is 2.40. The number of amides is 4. The Kier molecular flexibility index (Phi) is 13.5. The molecule has 0 spiro atoms. The minimum absolute atomic E-state index is 0.117. The van der Waals surface area contributed by atoms with Crippen LogP contribution in [0.15, 0.2) is 78.9 Å². The van der Waals surface area contributed by atoms with Gasteiger partial charge < -0.3 is 30.7 Å². The van der Waals surface area contributed by atoms with Crippen LogP contribution in [0, 0.1) is 12.8 Å². The standard InChI is InChI=1S/C38H49N5O7S/c1-24(2)32(41-31(44)22-50-29-18-12-17-28(20-29)42(6)49)35(46)40-30(19-26-14-8-7-9-15-26)33(45)37(48)43-23-51-38(4,5)34(43)36(47)39-21-27-16-11-10-13-25(27)3/h7-18,20,24,30,32-34,45,49H,19,21-23H2,1-6H3,(H,39,47)(H,40,46)(H,41,44)/t30?,32-,33-,34+/m0/s1. The molecule has 1 fully saturated rings. The van der Waals surface area contributed by atoms with Gasteiger partial charge in [-0.3, -0.25) is 29.4 Å². The molecule has 1 heterocycles. The second kappa shape index (κ2) is 17.6. The number of nitrogens with one attached hydrogen (secondary N) is 3. The lowest BCUT2D eigenvalue weighted by Crippen LogP contribution is -2.60. The van der Waals surface area contributed by atoms with Crippen LogP contribution in [0.1, 0.15) is 44.4 Å². The number of aliphatic hydroxyl groups is 1. The molecule has 51 heavy (non-hydrogen) atoms. The molecule has 1 saturated heterocycles. The van der Waals surface area contributed by atoms with Crippen LogP contribution in [0.5, 0.6) is 5.75 Å². The van der Waals surface area contributed by atoms with E-state index in [1.807, 2.05) is 75.4 Å². The number of carbonyl (C=O) groups excluding carboxylic acids is 4. The lowest BCUT2D eigenvalue weighted by Gasteiger charge is -2.34. The number of rotatable bonds is 15. The minimum Gasteiger partial charge on any atom is -0.484 e. The molecule has 1 aliphatic heterocycles. The molecule has 4 amide bonds. The molecule has 5 N–H and O–H groups in total. The van der Waals surface area contributed by atoms with Gasteiger partial charge in [-0.05, 0) is 61.9 Å². The average molecular weight is 720 g/mol. The van der Waals surface area contributed by atoms with Crippen molar-refractivity contribution in [3.05, 3.63) is 95.6 Å². The summed E-state index contributed by atoms with van der Waals surface area (Å²) >= 11 is 1.44. The SMILES string of the molecule is Cc1ccccc1CNC(=O)[C@H]1N(C(=O)[C@@H](O)C(Cc2ccccc2)NC(=O)[C@@H](NC(=O)COc2cccc(N(C)O)c2)C(C)C)CSC1(C)C. The third-order valence-electron chi connectivity index (χ3n) is 8.88. The third-order valence-corrected chi connectivity index (χ3v) is 10.3. The van der Waals surface area contributed by atoms with E-state index in [2.05, 4.69) is 16.0 Å². The van der Waals surface area contributed by atoms with Gasteiger partial charge in [0.15, 0.2) is 12.7 Å². The first-order chi connectivity index (χ1) is 24.2. The van der Waals surface area contributed by atoms with Crippen molar-refractivity contribution < 1.29 is 34.2 Å². The summed E-state index contributed by atoms with van der Waals surface area (Å²) in [4.78, 5) is 55.8. The number of thioether (sulfide) groups is 1. The molecule has 3 aromatic carbocycles. The summed E-state index contributed by atoms with van der Waals surface area (Å²) < 4.78 is 4.95. The molecule has 1 aliphatic rings. The van der Waals surface area contributed by atoms with E-state index in [-0.39, 0.29) is 30.7 Å². The van der Waals surface area contributed by atoms with E-state index in [0.717, 1.165) is 21.8 Å². The topological polar surface area (TPSA) is 161 Å². The molecular formula is C38H49N5O7S. The maximum Gasteiger partial charge on any atom is 0.258 e. The normalized spacial score (nSPS) is 16.9. The highest BCUT2D eigenvalue weighted by Gasteiger charge is 2.50. The molecule has 3 aromatic rings. The summed E-state index contributed by atoms with van der Waals surface area (Å²) in [6.45, 7) is 9.18. The minimum atomic E-state index is -1.70. The van der Waals surface area contributed by atoms with Gasteiger partial charge >= 0.3 is 0 Å². The van der Waals surface area contributed by atoms with E-state index in [1.54, 1.807) is 38.1 Å². The van der Waals surface area contributed by atoms with Gasteiger partial charge in [0.05, 0.1) is 17.6 Å². The maximum atomic E-state index is 14.1. The molecule has 4 rings (SSSR count). The van der Waals surface area contributed by atoms with Crippen molar-refractivity contribution in [2.75, 3.05) is 24.6 Å². The Morgan fingerprint density at radius 2 is 1.69 bits per heavy atom. The molecule has 0 aliphatic carbocycles. The zero-order valence-electron chi connectivity index (χ0n) is 30.0. The monoisotopic (exact) mass is 719 g/mol. The number of hydrogen-bond acceptors (Lipinski definition) is 9. The quantitative estimate of drug-likeness (QED) is 0.148. The van der Waals surface area contributed by atoms with Crippen molar-refractivity contribution in [1.29, 1.82) is 0 Å². The molecule has 0 bridgehead atoms. The summed E-state index contributed by atoms with van der Waals surface area (Å²) in [5, 5.41) is 30.8. The third kappa shape index (κ3) is 10.5. The van der Waals surface area contributed by atoms with Crippen LogP contribution in [0.2, 0.25) is 0 Å². The molecule has 0 radical (unpaired) electrons. The molecule has 0 saturated carbocycles. The number of hydrogen-bond donors (Lipinski definition) is 5. The van der Waals surface area contributed by atoms with Gasteiger partial charge in [0.25, 0.3) is 11.8 Å². The van der Waals surface area contributed by atoms with Crippen molar-refractivity contribution in [3.63, 3.8) is 0 Å². The van der Waals surface area contributed by atoms with Crippen molar-refractivity contribution >= 4 is 41.1 Å². The number of aryl methyl sites for hydroxylation is 1. The number of nitrogens with zero attached hydrogens (tertiary/aromatic N) is 2. The molecule has 0 aromatic heterocycles. The molecule has 1 unspecified atom stereocenters. The number of benzene rings is 3. The van der Waals surface area contributed by atoms with E-state index in [4.69, 9.17) is 4.74 Å². The maximum absolute atomic E-state index is 14.1. The summed E-state index contributed by atoms with van der Waals surface area (Å²) in [6.07, 6.45) is -1.58. The van der Waals surface area contributed by atoms with Crippen molar-refractivity contribution in [3.8, 4) is 5.75 Å². The molecule has 4 atom stereocenters. The van der Waals surface area contributed by atoms with Crippen molar-refractivity contribution in [2.45, 2.75) is 76.6 Å². The van der Waals surface area contributed by atoms with Crippen molar-refractivity contribution in [2.24, 2.45) is 5.92 Å². The highest BCUT2D eigenvalue weighted by molar-refractivity contribution is 8.00. The second-order valence-electron chi connectivity index (χ2n) is 13.6. The smallest absolute Gasteiger partial charge is 0.258 e. The Morgan fingerprint density at radius 1 is 1.00 bits per heavy atom. The van der Waals surface area contributed by atoms with Crippen LogP contribution in [0.4, 0.5) is 5.69 Å². The van der Waals surface area contributed by atoms with E-state index in [0.29, 0.717) is 18.0 Å². The fourth-order valence-corrected chi connectivity index (χ4v) is 7.04. The van der Waals surface area contributed by atoms with E-state index >= 15 is 0 Å². The van der Waals surface area contributed by atoms with Gasteiger partial charge in [-0.15, -0.1) is 11.8 Å². The first-order valence-corrected chi connectivity index (χ1v) is 17.9. The lowest BCUT2D eigenvalue weighted by atomic mass is 9.96. The van der Waals surface area contributed by atoms with Crippen LogP contribution in [-0.2, 0) is 32.1 Å². The lowest BCUT2D eigenvalue weighted by molar-refractivity contribution is -0.148. The van der Waals surface area contributed by atoms with E-state index in [1.165, 1.54) is 23.7 Å². The molecule has 274 valence electrons. The largest absolute Gasteiger partial charge is 0.484 e. The summed E-state index contributed by atoms with van der Waals surface area (Å²) in [5.74, 6) is -1.99. The average Bonchev–Trinajstić information content (AvgIpc) is 3.43. The number of anilines is 1. The first-order valence-electron chi connectivity index (χ1n) is 16.9. The molecule has 13 heteroatoms. The fraction of sp³-hybridized carbons (Fsp3) is 0.421. The van der Waals surface area contributed by atoms with Gasteiger partial charge in [-0.2, -0.15) is 0 Å². The Balaban J connectivity index is 1.48. The van der Waals surface area contributed by atoms with Crippen LogP contribution in [0.25, 0.3) is 0 Å². The molecular weight excluding hydrogens is 671 g/mol. The zero-order valence-corrected chi connectivity index (χ0v) is 30.8. The Bertz CT molecular complexity index is 1670.